The quantitative estimate of drug-likeness (QED) is 0.746. The van der Waals surface area contributed by atoms with Crippen LogP contribution in [0, 0.1) is 5.92 Å². The third-order valence-electron chi connectivity index (χ3n) is 6.06. The monoisotopic (exact) mass is 432 g/mol. The Kier molecular flexibility index (Phi) is 5.99. The molecule has 0 bridgehead atoms. The predicted molar refractivity (Wildman–Crippen MR) is 115 cm³/mol. The molecule has 0 radical (unpaired) electrons. The molecule has 0 aromatic carbocycles. The Morgan fingerprint density at radius 2 is 1.83 bits per heavy atom. The van der Waals surface area contributed by atoms with Gasteiger partial charge in [0.1, 0.15) is 5.69 Å². The summed E-state index contributed by atoms with van der Waals surface area (Å²) in [6.07, 6.45) is 1.30. The Morgan fingerprint density at radius 3 is 2.53 bits per heavy atom. The number of carbonyl (C=O) groups excluding carboxylic acids is 3. The minimum Gasteiger partial charge on any atom is -0.450 e. The molecule has 0 saturated carbocycles. The summed E-state index contributed by atoms with van der Waals surface area (Å²) < 4.78 is 8.08. The number of aromatic nitrogens is 1. The van der Waals surface area contributed by atoms with Gasteiger partial charge >= 0.3 is 6.09 Å². The molecule has 162 valence electrons. The van der Waals surface area contributed by atoms with E-state index in [0.717, 1.165) is 23.1 Å². The van der Waals surface area contributed by atoms with Crippen LogP contribution >= 0.6 is 11.3 Å². The average Bonchev–Trinajstić information content (AvgIpc) is 3.36. The topological polar surface area (TPSA) is 75.1 Å². The lowest BCUT2D eigenvalue weighted by Gasteiger charge is -2.38. The van der Waals surface area contributed by atoms with Gasteiger partial charge in [-0.3, -0.25) is 9.59 Å². The maximum Gasteiger partial charge on any atom is 0.409 e. The number of likely N-dealkylation sites (tertiary alicyclic amines) is 1. The first-order valence-corrected chi connectivity index (χ1v) is 11.4. The van der Waals surface area contributed by atoms with E-state index in [1.807, 2.05) is 38.9 Å². The number of carbonyl (C=O) groups is 3. The average molecular weight is 433 g/mol. The zero-order valence-electron chi connectivity index (χ0n) is 17.5. The van der Waals surface area contributed by atoms with Crippen molar-refractivity contribution in [1.29, 1.82) is 0 Å². The minimum atomic E-state index is -0.318. The van der Waals surface area contributed by atoms with Crippen molar-refractivity contribution in [3.8, 4) is 0 Å². The number of piperazine rings is 1. The van der Waals surface area contributed by atoms with Crippen LogP contribution < -0.4 is 0 Å². The molecule has 4 rings (SSSR count). The molecule has 8 nitrogen and oxygen atoms in total. The number of aryl methyl sites for hydroxylation is 1. The molecular weight excluding hydrogens is 404 g/mol. The van der Waals surface area contributed by atoms with E-state index in [-0.39, 0.29) is 23.8 Å². The van der Waals surface area contributed by atoms with Crippen LogP contribution in [-0.4, -0.2) is 83.0 Å². The van der Waals surface area contributed by atoms with Gasteiger partial charge in [-0.2, -0.15) is 0 Å². The highest BCUT2D eigenvalue weighted by molar-refractivity contribution is 7.17. The second-order valence-corrected chi connectivity index (χ2v) is 8.81. The molecule has 0 N–H and O–H groups in total. The van der Waals surface area contributed by atoms with Crippen molar-refractivity contribution in [2.75, 3.05) is 45.9 Å². The largest absolute Gasteiger partial charge is 0.450 e. The molecule has 9 heteroatoms. The van der Waals surface area contributed by atoms with Crippen LogP contribution in [0.2, 0.25) is 0 Å². The minimum absolute atomic E-state index is 0.00877. The molecular formula is C21H28N4O4S. The lowest BCUT2D eigenvalue weighted by Crippen LogP contribution is -2.54. The van der Waals surface area contributed by atoms with Gasteiger partial charge in [0.15, 0.2) is 0 Å². The zero-order valence-corrected chi connectivity index (χ0v) is 18.3. The first-order valence-electron chi connectivity index (χ1n) is 10.5. The van der Waals surface area contributed by atoms with Crippen molar-refractivity contribution in [1.82, 2.24) is 19.3 Å². The molecule has 4 heterocycles. The third-order valence-corrected chi connectivity index (χ3v) is 6.91. The molecule has 0 aliphatic carbocycles. The van der Waals surface area contributed by atoms with Crippen molar-refractivity contribution in [2.24, 2.45) is 13.0 Å². The second kappa shape index (κ2) is 8.67. The SMILES string of the molecule is CCOC(=O)N1CCN(C(=O)C2CCCN(C(=O)c3cc4sccc4n3C)C2)CC1. The Morgan fingerprint density at radius 1 is 1.10 bits per heavy atom. The number of hydrogen-bond donors (Lipinski definition) is 0. The fourth-order valence-corrected chi connectivity index (χ4v) is 5.21. The summed E-state index contributed by atoms with van der Waals surface area (Å²) in [5.74, 6) is -0.104. The maximum atomic E-state index is 13.1. The van der Waals surface area contributed by atoms with Crippen LogP contribution in [0.3, 0.4) is 0 Å². The molecule has 0 spiro atoms. The summed E-state index contributed by atoms with van der Waals surface area (Å²) in [5.41, 5.74) is 1.74. The molecule has 2 aliphatic heterocycles. The summed E-state index contributed by atoms with van der Waals surface area (Å²) in [6.45, 7) is 5.26. The van der Waals surface area contributed by atoms with E-state index in [1.54, 1.807) is 23.2 Å². The van der Waals surface area contributed by atoms with Crippen LogP contribution in [0.15, 0.2) is 17.5 Å². The summed E-state index contributed by atoms with van der Waals surface area (Å²) in [4.78, 5) is 43.4. The predicted octanol–water partition coefficient (Wildman–Crippen LogP) is 2.39. The number of nitrogens with zero attached hydrogens (tertiary/aromatic N) is 4. The normalized spacial score (nSPS) is 19.9. The number of rotatable bonds is 3. The summed E-state index contributed by atoms with van der Waals surface area (Å²) in [7, 11) is 1.91. The maximum absolute atomic E-state index is 13.1. The van der Waals surface area contributed by atoms with Gasteiger partial charge in [0.25, 0.3) is 5.91 Å². The number of hydrogen-bond acceptors (Lipinski definition) is 5. The molecule has 2 saturated heterocycles. The smallest absolute Gasteiger partial charge is 0.409 e. The zero-order chi connectivity index (χ0) is 21.3. The van der Waals surface area contributed by atoms with Gasteiger partial charge in [-0.25, -0.2) is 4.79 Å². The highest BCUT2D eigenvalue weighted by Crippen LogP contribution is 2.27. The van der Waals surface area contributed by atoms with Gasteiger partial charge in [0.2, 0.25) is 5.91 Å². The Hall–Kier alpha value is -2.55. The van der Waals surface area contributed by atoms with Crippen LogP contribution in [0.1, 0.15) is 30.3 Å². The van der Waals surface area contributed by atoms with Gasteiger partial charge in [-0.05, 0) is 37.3 Å². The van der Waals surface area contributed by atoms with E-state index in [1.165, 1.54) is 0 Å². The number of piperidine rings is 1. The van der Waals surface area contributed by atoms with Crippen LogP contribution in [0.4, 0.5) is 4.79 Å². The van der Waals surface area contributed by atoms with Crippen molar-refractivity contribution in [3.63, 3.8) is 0 Å². The Bertz CT molecular complexity index is 944. The van der Waals surface area contributed by atoms with E-state index in [4.69, 9.17) is 4.74 Å². The molecule has 2 aromatic rings. The number of fused-ring (bicyclic) bond motifs is 1. The van der Waals surface area contributed by atoms with Gasteiger partial charge in [-0.15, -0.1) is 11.3 Å². The van der Waals surface area contributed by atoms with Gasteiger partial charge < -0.3 is 24.0 Å². The molecule has 2 fully saturated rings. The lowest BCUT2D eigenvalue weighted by molar-refractivity contribution is -0.138. The highest BCUT2D eigenvalue weighted by Gasteiger charge is 2.34. The number of ether oxygens (including phenoxy) is 1. The summed E-state index contributed by atoms with van der Waals surface area (Å²) in [5, 5.41) is 2.02. The standard InChI is InChI=1S/C21H28N4O4S/c1-3-29-21(28)24-10-8-23(9-11-24)19(26)15-5-4-7-25(14-15)20(27)17-13-18-16(22(17)2)6-12-30-18/h6,12-13,15H,3-5,7-11,14H2,1-2H3. The van der Waals surface area contributed by atoms with E-state index in [0.29, 0.717) is 51.6 Å². The molecule has 3 amide bonds. The van der Waals surface area contributed by atoms with Crippen LogP contribution in [0.5, 0.6) is 0 Å². The number of amides is 3. The Labute approximate surface area is 180 Å². The first-order chi connectivity index (χ1) is 14.5. The van der Waals surface area contributed by atoms with E-state index >= 15 is 0 Å². The van der Waals surface area contributed by atoms with Crippen molar-refractivity contribution in [3.05, 3.63) is 23.2 Å². The lowest BCUT2D eigenvalue weighted by atomic mass is 9.96. The van der Waals surface area contributed by atoms with Gasteiger partial charge in [0.05, 0.1) is 22.7 Å². The molecule has 2 aliphatic rings. The van der Waals surface area contributed by atoms with Crippen molar-refractivity contribution in [2.45, 2.75) is 19.8 Å². The fraction of sp³-hybridized carbons (Fsp3) is 0.571. The second-order valence-electron chi connectivity index (χ2n) is 7.86. The molecule has 2 aromatic heterocycles. The Balaban J connectivity index is 1.37. The van der Waals surface area contributed by atoms with Gasteiger partial charge in [-0.1, -0.05) is 0 Å². The summed E-state index contributed by atoms with van der Waals surface area (Å²) >= 11 is 1.63. The molecule has 30 heavy (non-hydrogen) atoms. The van der Waals surface area contributed by atoms with E-state index < -0.39 is 0 Å². The van der Waals surface area contributed by atoms with Crippen molar-refractivity contribution < 1.29 is 19.1 Å². The highest BCUT2D eigenvalue weighted by atomic mass is 32.1. The molecule has 1 unspecified atom stereocenters. The molecule has 1 atom stereocenters. The summed E-state index contributed by atoms with van der Waals surface area (Å²) in [6, 6.07) is 3.97. The van der Waals surface area contributed by atoms with Crippen molar-refractivity contribution >= 4 is 39.5 Å². The van der Waals surface area contributed by atoms with Gasteiger partial charge in [0, 0.05) is 46.3 Å². The fourth-order valence-electron chi connectivity index (χ4n) is 4.36. The van der Waals surface area contributed by atoms with Crippen LogP contribution in [-0.2, 0) is 16.6 Å². The third kappa shape index (κ3) is 3.90. The first kappa shape index (κ1) is 20.7. The van der Waals surface area contributed by atoms with E-state index in [9.17, 15) is 14.4 Å². The van der Waals surface area contributed by atoms with Crippen LogP contribution in [0.25, 0.3) is 10.2 Å². The van der Waals surface area contributed by atoms with E-state index in [2.05, 4.69) is 0 Å². The number of thiophene rings is 1.